The van der Waals surface area contributed by atoms with Crippen molar-refractivity contribution in [2.45, 2.75) is 39.0 Å². The van der Waals surface area contributed by atoms with Crippen LogP contribution in [0, 0.1) is 6.92 Å². The maximum atomic E-state index is 12.2. The zero-order valence-corrected chi connectivity index (χ0v) is 16.3. The fraction of sp³-hybridized carbons (Fsp3) is 0.474. The molecule has 4 heterocycles. The highest BCUT2D eigenvalue weighted by Gasteiger charge is 2.16. The second kappa shape index (κ2) is 8.04. The number of thiophene rings is 1. The quantitative estimate of drug-likeness (QED) is 0.677. The molecule has 1 aliphatic heterocycles. The molecule has 1 fully saturated rings. The number of anilines is 1. The molecule has 1 amide bonds. The van der Waals surface area contributed by atoms with Crippen LogP contribution >= 0.6 is 11.3 Å². The summed E-state index contributed by atoms with van der Waals surface area (Å²) in [5.74, 6) is 1.73. The van der Waals surface area contributed by atoms with Gasteiger partial charge in [-0.1, -0.05) is 0 Å². The van der Waals surface area contributed by atoms with E-state index in [2.05, 4.69) is 43.9 Å². The molecule has 0 radical (unpaired) electrons. The second-order valence-corrected chi connectivity index (χ2v) is 7.90. The molecule has 0 atom stereocenters. The standard InChI is InChI=1S/C19H24N6OS/c1-14-9-13-27-15(14)8-10-20-19(26)7-6-17-22-21-16-4-5-18(23-25(16)17)24-11-2-3-12-24/h4-5,9,13H,2-3,6-8,10-12H2,1H3,(H,20,26). The van der Waals surface area contributed by atoms with Crippen LogP contribution in [0.25, 0.3) is 5.65 Å². The summed E-state index contributed by atoms with van der Waals surface area (Å²) in [4.78, 5) is 15.8. The van der Waals surface area contributed by atoms with Gasteiger partial charge in [-0.25, -0.2) is 0 Å². The van der Waals surface area contributed by atoms with Crippen molar-refractivity contribution in [3.05, 3.63) is 39.8 Å². The van der Waals surface area contributed by atoms with Crippen LogP contribution in [0.3, 0.4) is 0 Å². The predicted molar refractivity (Wildman–Crippen MR) is 106 cm³/mol. The van der Waals surface area contributed by atoms with Gasteiger partial charge in [0.1, 0.15) is 5.82 Å². The molecule has 1 N–H and O–H groups in total. The van der Waals surface area contributed by atoms with Crippen molar-refractivity contribution in [3.63, 3.8) is 0 Å². The average Bonchev–Trinajstić information content (AvgIpc) is 3.41. The highest BCUT2D eigenvalue weighted by Crippen LogP contribution is 2.18. The van der Waals surface area contributed by atoms with Crippen LogP contribution in [0.1, 0.15) is 35.5 Å². The molecule has 0 saturated carbocycles. The Kier molecular flexibility index (Phi) is 5.33. The number of carbonyl (C=O) groups excluding carboxylic acids is 1. The molecule has 4 rings (SSSR count). The van der Waals surface area contributed by atoms with Gasteiger partial charge in [0, 0.05) is 37.4 Å². The Morgan fingerprint density at radius 1 is 1.19 bits per heavy atom. The lowest BCUT2D eigenvalue weighted by Crippen LogP contribution is -2.26. The molecule has 1 saturated heterocycles. The van der Waals surface area contributed by atoms with Crippen LogP contribution in [-0.4, -0.2) is 45.4 Å². The van der Waals surface area contributed by atoms with Crippen molar-refractivity contribution in [1.82, 2.24) is 25.1 Å². The first-order valence-corrected chi connectivity index (χ1v) is 10.3. The van der Waals surface area contributed by atoms with E-state index in [9.17, 15) is 4.79 Å². The van der Waals surface area contributed by atoms with Crippen LogP contribution in [0.4, 0.5) is 5.82 Å². The van der Waals surface area contributed by atoms with Gasteiger partial charge in [-0.2, -0.15) is 4.52 Å². The van der Waals surface area contributed by atoms with E-state index in [0.29, 0.717) is 19.4 Å². The third kappa shape index (κ3) is 4.10. The molecule has 0 aromatic carbocycles. The number of nitrogens with zero attached hydrogens (tertiary/aromatic N) is 5. The first-order valence-electron chi connectivity index (χ1n) is 9.46. The lowest BCUT2D eigenvalue weighted by Gasteiger charge is -2.15. The number of rotatable bonds is 7. The summed E-state index contributed by atoms with van der Waals surface area (Å²) < 4.78 is 1.77. The summed E-state index contributed by atoms with van der Waals surface area (Å²) >= 11 is 1.74. The minimum Gasteiger partial charge on any atom is -0.356 e. The van der Waals surface area contributed by atoms with Crippen LogP contribution in [0.15, 0.2) is 23.6 Å². The average molecular weight is 385 g/mol. The summed E-state index contributed by atoms with van der Waals surface area (Å²) in [7, 11) is 0. The molecule has 0 bridgehead atoms. The molecule has 7 nitrogen and oxygen atoms in total. The minimum absolute atomic E-state index is 0.0386. The lowest BCUT2D eigenvalue weighted by molar-refractivity contribution is -0.121. The molecule has 3 aromatic heterocycles. The van der Waals surface area contributed by atoms with Crippen LogP contribution in [0.5, 0.6) is 0 Å². The van der Waals surface area contributed by atoms with Gasteiger partial charge in [0.05, 0.1) is 0 Å². The van der Waals surface area contributed by atoms with E-state index >= 15 is 0 Å². The zero-order chi connectivity index (χ0) is 18.6. The van der Waals surface area contributed by atoms with E-state index in [1.807, 2.05) is 12.1 Å². The summed E-state index contributed by atoms with van der Waals surface area (Å²) in [6.45, 7) is 4.86. The Hall–Kier alpha value is -2.48. The Morgan fingerprint density at radius 2 is 2.04 bits per heavy atom. The summed E-state index contributed by atoms with van der Waals surface area (Å²) in [6.07, 6.45) is 4.21. The maximum absolute atomic E-state index is 12.2. The molecule has 27 heavy (non-hydrogen) atoms. The molecular weight excluding hydrogens is 360 g/mol. The summed E-state index contributed by atoms with van der Waals surface area (Å²) in [6, 6.07) is 6.06. The SMILES string of the molecule is Cc1ccsc1CCNC(=O)CCc1nnc2ccc(N3CCCC3)nn12. The number of hydrogen-bond acceptors (Lipinski definition) is 6. The number of aromatic nitrogens is 4. The second-order valence-electron chi connectivity index (χ2n) is 6.90. The largest absolute Gasteiger partial charge is 0.356 e. The third-order valence-corrected chi connectivity index (χ3v) is 6.04. The van der Waals surface area contributed by atoms with Gasteiger partial charge in [0.2, 0.25) is 5.91 Å². The molecule has 0 spiro atoms. The zero-order valence-electron chi connectivity index (χ0n) is 15.5. The number of fused-ring (bicyclic) bond motifs is 1. The van der Waals surface area contributed by atoms with E-state index in [4.69, 9.17) is 0 Å². The first-order chi connectivity index (χ1) is 13.2. The number of nitrogens with one attached hydrogen (secondary N) is 1. The minimum atomic E-state index is 0.0386. The third-order valence-electron chi connectivity index (χ3n) is 4.96. The van der Waals surface area contributed by atoms with Crippen molar-refractivity contribution >= 4 is 28.7 Å². The topological polar surface area (TPSA) is 75.4 Å². The molecule has 3 aromatic rings. The van der Waals surface area contributed by atoms with Crippen molar-refractivity contribution < 1.29 is 4.79 Å². The van der Waals surface area contributed by atoms with Crippen molar-refractivity contribution in [2.75, 3.05) is 24.5 Å². The van der Waals surface area contributed by atoms with Crippen LogP contribution in [-0.2, 0) is 17.6 Å². The molecule has 0 unspecified atom stereocenters. The highest BCUT2D eigenvalue weighted by molar-refractivity contribution is 7.10. The number of aryl methyl sites for hydroxylation is 2. The lowest BCUT2D eigenvalue weighted by atomic mass is 10.2. The smallest absolute Gasteiger partial charge is 0.220 e. The van der Waals surface area contributed by atoms with Crippen molar-refractivity contribution in [3.8, 4) is 0 Å². The number of carbonyl (C=O) groups is 1. The molecule has 8 heteroatoms. The van der Waals surface area contributed by atoms with Crippen LogP contribution < -0.4 is 10.2 Å². The van der Waals surface area contributed by atoms with Gasteiger partial charge in [-0.05, 0) is 55.3 Å². The normalized spacial score (nSPS) is 14.2. The molecule has 1 aliphatic rings. The van der Waals surface area contributed by atoms with Crippen LogP contribution in [0.2, 0.25) is 0 Å². The van der Waals surface area contributed by atoms with Gasteiger partial charge in [0.25, 0.3) is 0 Å². The van der Waals surface area contributed by atoms with Gasteiger partial charge in [0.15, 0.2) is 11.5 Å². The Bertz CT molecular complexity index is 927. The highest BCUT2D eigenvalue weighted by atomic mass is 32.1. The Balaban J connectivity index is 1.33. The van der Waals surface area contributed by atoms with Crippen molar-refractivity contribution in [1.29, 1.82) is 0 Å². The molecular formula is C19H24N6OS. The number of hydrogen-bond donors (Lipinski definition) is 1. The molecule has 0 aliphatic carbocycles. The predicted octanol–water partition coefficient (Wildman–Crippen LogP) is 2.39. The maximum Gasteiger partial charge on any atom is 0.220 e. The van der Waals surface area contributed by atoms with E-state index in [0.717, 1.165) is 36.8 Å². The van der Waals surface area contributed by atoms with Gasteiger partial charge in [-0.15, -0.1) is 26.6 Å². The Labute approximate surface area is 162 Å². The summed E-state index contributed by atoms with van der Waals surface area (Å²) in [5, 5.41) is 18.2. The molecule has 142 valence electrons. The fourth-order valence-electron chi connectivity index (χ4n) is 3.38. The number of amides is 1. The van der Waals surface area contributed by atoms with Crippen molar-refractivity contribution in [2.24, 2.45) is 0 Å². The van der Waals surface area contributed by atoms with E-state index in [-0.39, 0.29) is 5.91 Å². The Morgan fingerprint density at radius 3 is 2.81 bits per heavy atom. The fourth-order valence-corrected chi connectivity index (χ4v) is 4.29. The first kappa shape index (κ1) is 17.9. The van der Waals surface area contributed by atoms with E-state index < -0.39 is 0 Å². The van der Waals surface area contributed by atoms with Gasteiger partial charge < -0.3 is 10.2 Å². The van der Waals surface area contributed by atoms with E-state index in [1.54, 1.807) is 15.9 Å². The van der Waals surface area contributed by atoms with E-state index in [1.165, 1.54) is 23.3 Å². The summed E-state index contributed by atoms with van der Waals surface area (Å²) in [5.41, 5.74) is 2.02. The monoisotopic (exact) mass is 384 g/mol. The van der Waals surface area contributed by atoms with Gasteiger partial charge in [-0.3, -0.25) is 4.79 Å². The van der Waals surface area contributed by atoms with Gasteiger partial charge >= 0.3 is 0 Å².